The predicted octanol–water partition coefficient (Wildman–Crippen LogP) is 1.90. The highest BCUT2D eigenvalue weighted by molar-refractivity contribution is 6.06. The van der Waals surface area contributed by atoms with Gasteiger partial charge in [0.2, 0.25) is 0 Å². The second kappa shape index (κ2) is 6.66. The van der Waals surface area contributed by atoms with Gasteiger partial charge in [-0.05, 0) is 26.3 Å². The van der Waals surface area contributed by atoms with E-state index in [2.05, 4.69) is 5.92 Å². The van der Waals surface area contributed by atoms with E-state index in [1.54, 1.807) is 31.2 Å². The molecule has 0 bridgehead atoms. The van der Waals surface area contributed by atoms with E-state index >= 15 is 0 Å². The Balaban J connectivity index is 2.63. The number of hydrogen-bond acceptors (Lipinski definition) is 4. The fourth-order valence-corrected chi connectivity index (χ4v) is 2.99. The molecule has 1 aliphatic rings. The molecule has 2 rings (SSSR count). The van der Waals surface area contributed by atoms with Crippen LogP contribution in [0.15, 0.2) is 24.3 Å². The number of carbonyl (C=O) groups excluding carboxylic acids is 3. The van der Waals surface area contributed by atoms with Crippen LogP contribution in [0.4, 0.5) is 0 Å². The van der Waals surface area contributed by atoms with Crippen LogP contribution in [-0.2, 0) is 19.9 Å². The number of benzene rings is 1. The topological polar surface area (TPSA) is 63.7 Å². The first-order chi connectivity index (χ1) is 11.0. The van der Waals surface area contributed by atoms with Crippen molar-refractivity contribution in [1.29, 1.82) is 0 Å². The molecule has 0 aromatic heterocycles. The molecule has 1 unspecified atom stereocenters. The summed E-state index contributed by atoms with van der Waals surface area (Å²) in [7, 11) is 0. The Labute approximate surface area is 135 Å². The molecule has 0 saturated heterocycles. The lowest BCUT2D eigenvalue weighted by atomic mass is 9.84. The normalized spacial score (nSPS) is 19.2. The van der Waals surface area contributed by atoms with Gasteiger partial charge in [-0.15, -0.1) is 6.42 Å². The van der Waals surface area contributed by atoms with Crippen LogP contribution < -0.4 is 0 Å². The number of hydrogen-bond donors (Lipinski definition) is 0. The van der Waals surface area contributed by atoms with E-state index < -0.39 is 11.5 Å². The zero-order valence-electron chi connectivity index (χ0n) is 13.3. The molecular weight excluding hydrogens is 294 g/mol. The van der Waals surface area contributed by atoms with Gasteiger partial charge < -0.3 is 14.4 Å². The van der Waals surface area contributed by atoms with E-state index in [9.17, 15) is 14.4 Å². The zero-order valence-corrected chi connectivity index (χ0v) is 13.3. The molecule has 1 amide bonds. The average Bonchev–Trinajstić information content (AvgIpc) is 2.77. The fraction of sp³-hybridized carbons (Fsp3) is 0.389. The van der Waals surface area contributed by atoms with Crippen molar-refractivity contribution >= 4 is 17.7 Å². The van der Waals surface area contributed by atoms with Crippen LogP contribution in [0.25, 0.3) is 0 Å². The summed E-state index contributed by atoms with van der Waals surface area (Å²) in [5.74, 6) is 1.51. The number of nitrogens with zero attached hydrogens (tertiary/aromatic N) is 1. The van der Waals surface area contributed by atoms with Crippen molar-refractivity contribution in [2.24, 2.45) is 0 Å². The maximum Gasteiger partial charge on any atom is 0.336 e. The maximum absolute atomic E-state index is 12.8. The number of rotatable bonds is 6. The van der Waals surface area contributed by atoms with Crippen LogP contribution in [-0.4, -0.2) is 35.7 Å². The van der Waals surface area contributed by atoms with Gasteiger partial charge in [-0.2, -0.15) is 0 Å². The molecule has 1 aromatic rings. The van der Waals surface area contributed by atoms with Crippen molar-refractivity contribution < 1.29 is 19.1 Å². The highest BCUT2D eigenvalue weighted by Gasteiger charge is 2.55. The number of ketones is 1. The van der Waals surface area contributed by atoms with Crippen molar-refractivity contribution in [3.05, 3.63) is 35.4 Å². The van der Waals surface area contributed by atoms with Gasteiger partial charge in [0.15, 0.2) is 5.54 Å². The molecule has 0 saturated carbocycles. The number of amides is 1. The van der Waals surface area contributed by atoms with Gasteiger partial charge in [-0.25, -0.2) is 4.79 Å². The quantitative estimate of drug-likeness (QED) is 0.594. The fourth-order valence-electron chi connectivity index (χ4n) is 2.99. The van der Waals surface area contributed by atoms with Crippen molar-refractivity contribution in [1.82, 2.24) is 4.90 Å². The lowest BCUT2D eigenvalue weighted by Gasteiger charge is -2.35. The molecule has 0 N–H and O–H groups in total. The Morgan fingerprint density at radius 1 is 1.35 bits per heavy atom. The zero-order chi connectivity index (χ0) is 17.0. The second-order valence-electron chi connectivity index (χ2n) is 5.42. The molecule has 1 aromatic carbocycles. The minimum Gasteiger partial charge on any atom is -0.464 e. The third kappa shape index (κ3) is 2.72. The van der Waals surface area contributed by atoms with Gasteiger partial charge in [-0.1, -0.05) is 24.1 Å². The van der Waals surface area contributed by atoms with Crippen LogP contribution in [0.1, 0.15) is 42.6 Å². The summed E-state index contributed by atoms with van der Waals surface area (Å²) < 4.78 is 5.23. The van der Waals surface area contributed by atoms with Crippen LogP contribution in [0.2, 0.25) is 0 Å². The lowest BCUT2D eigenvalue weighted by molar-refractivity contribution is -0.157. The standard InChI is InChI=1S/C18H19NO4/c1-4-12-19-16(21)14-8-6-7-9-15(14)18(19,11-10-13(3)20)17(22)23-5-2/h1,6-9H,5,10-12H2,2-3H3. The van der Waals surface area contributed by atoms with Gasteiger partial charge in [0.25, 0.3) is 5.91 Å². The number of fused-ring (bicyclic) bond motifs is 1. The minimum absolute atomic E-state index is 0.0236. The smallest absolute Gasteiger partial charge is 0.336 e. The van der Waals surface area contributed by atoms with Crippen molar-refractivity contribution in [3.63, 3.8) is 0 Å². The summed E-state index contributed by atoms with van der Waals surface area (Å²) in [4.78, 5) is 38.3. The summed E-state index contributed by atoms with van der Waals surface area (Å²) >= 11 is 0. The van der Waals surface area contributed by atoms with E-state index in [4.69, 9.17) is 11.2 Å². The van der Waals surface area contributed by atoms with E-state index in [1.807, 2.05) is 0 Å². The molecule has 5 heteroatoms. The summed E-state index contributed by atoms with van der Waals surface area (Å²) in [5, 5.41) is 0. The molecule has 0 aliphatic carbocycles. The SMILES string of the molecule is C#CCN1C(=O)c2ccccc2C1(CCC(C)=O)C(=O)OCC. The monoisotopic (exact) mass is 313 g/mol. The molecule has 0 fully saturated rings. The Bertz CT molecular complexity index is 689. The predicted molar refractivity (Wildman–Crippen MR) is 84.5 cm³/mol. The van der Waals surface area contributed by atoms with Crippen molar-refractivity contribution in [2.75, 3.05) is 13.2 Å². The Hall–Kier alpha value is -2.61. The Kier molecular flexibility index (Phi) is 4.85. The molecule has 0 spiro atoms. The number of Topliss-reactive ketones (excluding diaryl/α,β-unsaturated/α-hetero) is 1. The van der Waals surface area contributed by atoms with Crippen LogP contribution >= 0.6 is 0 Å². The number of esters is 1. The number of ether oxygens (including phenoxy) is 1. The molecule has 1 heterocycles. The molecule has 120 valence electrons. The van der Waals surface area contributed by atoms with Gasteiger partial charge in [0.1, 0.15) is 5.78 Å². The first-order valence-electron chi connectivity index (χ1n) is 7.50. The first kappa shape index (κ1) is 16.8. The van der Waals surface area contributed by atoms with Crippen LogP contribution in [0.5, 0.6) is 0 Å². The summed E-state index contributed by atoms with van der Waals surface area (Å²) in [6, 6.07) is 6.88. The molecule has 0 radical (unpaired) electrons. The largest absolute Gasteiger partial charge is 0.464 e. The molecule has 5 nitrogen and oxygen atoms in total. The molecule has 1 atom stereocenters. The van der Waals surface area contributed by atoms with Gasteiger partial charge in [-0.3, -0.25) is 4.79 Å². The van der Waals surface area contributed by atoms with Crippen LogP contribution in [0.3, 0.4) is 0 Å². The summed E-state index contributed by atoms with van der Waals surface area (Å²) in [6.45, 7) is 3.31. The van der Waals surface area contributed by atoms with E-state index in [-0.39, 0.29) is 37.7 Å². The maximum atomic E-state index is 12.8. The minimum atomic E-state index is -1.33. The van der Waals surface area contributed by atoms with Crippen molar-refractivity contribution in [2.45, 2.75) is 32.2 Å². The third-order valence-electron chi connectivity index (χ3n) is 4.01. The number of terminal acetylenes is 1. The van der Waals surface area contributed by atoms with Gasteiger partial charge in [0.05, 0.1) is 13.2 Å². The van der Waals surface area contributed by atoms with Crippen molar-refractivity contribution in [3.8, 4) is 12.3 Å². The third-order valence-corrected chi connectivity index (χ3v) is 4.01. The van der Waals surface area contributed by atoms with Gasteiger partial charge >= 0.3 is 5.97 Å². The molecular formula is C18H19NO4. The highest BCUT2D eigenvalue weighted by Crippen LogP contribution is 2.43. The van der Waals surface area contributed by atoms with E-state index in [1.165, 1.54) is 11.8 Å². The Morgan fingerprint density at radius 3 is 2.65 bits per heavy atom. The van der Waals surface area contributed by atoms with Crippen LogP contribution in [0, 0.1) is 12.3 Å². The van der Waals surface area contributed by atoms with E-state index in [0.29, 0.717) is 11.1 Å². The van der Waals surface area contributed by atoms with Gasteiger partial charge in [0, 0.05) is 17.5 Å². The Morgan fingerprint density at radius 2 is 2.04 bits per heavy atom. The molecule has 23 heavy (non-hydrogen) atoms. The second-order valence-corrected chi connectivity index (χ2v) is 5.42. The summed E-state index contributed by atoms with van der Waals surface area (Å²) in [6.07, 6.45) is 5.71. The lowest BCUT2D eigenvalue weighted by Crippen LogP contribution is -2.51. The molecule has 1 aliphatic heterocycles. The first-order valence-corrected chi connectivity index (χ1v) is 7.50. The van der Waals surface area contributed by atoms with E-state index in [0.717, 1.165) is 0 Å². The average molecular weight is 313 g/mol. The summed E-state index contributed by atoms with van der Waals surface area (Å²) in [5.41, 5.74) is -0.346. The number of carbonyl (C=O) groups is 3. The highest BCUT2D eigenvalue weighted by atomic mass is 16.5.